The summed E-state index contributed by atoms with van der Waals surface area (Å²) in [6, 6.07) is -0.700. The summed E-state index contributed by atoms with van der Waals surface area (Å²) in [5.74, 6) is -5.59. The molecular weight excluding hydrogens is 487 g/mol. The number of hydrogen-bond acceptors (Lipinski definition) is 8. The molecule has 1 aromatic carbocycles. The number of hydrogen-bond donors (Lipinski definition) is 1. The predicted octanol–water partition coefficient (Wildman–Crippen LogP) is 2.39. The fourth-order valence-corrected chi connectivity index (χ4v) is 4.85. The first-order valence-electron chi connectivity index (χ1n) is 11.3. The number of carbonyl (C=O) groups excluding carboxylic acids is 1. The number of morpholine rings is 1. The maximum Gasteiger partial charge on any atom is 0.511 e. The Morgan fingerprint density at radius 2 is 1.92 bits per heavy atom. The molecule has 1 aromatic heterocycles. The smallest absolute Gasteiger partial charge is 0.466 e. The summed E-state index contributed by atoms with van der Waals surface area (Å²) >= 11 is 0. The Labute approximate surface area is 202 Å². The van der Waals surface area contributed by atoms with Gasteiger partial charge in [-0.05, 0) is 12.8 Å². The van der Waals surface area contributed by atoms with Crippen molar-refractivity contribution in [2.24, 2.45) is 0 Å². The molecule has 2 atom stereocenters. The van der Waals surface area contributed by atoms with Crippen LogP contribution in [-0.2, 0) is 14.3 Å². The van der Waals surface area contributed by atoms with Crippen molar-refractivity contribution < 1.29 is 42.1 Å². The molecule has 192 valence electrons. The van der Waals surface area contributed by atoms with Crippen LogP contribution in [0.15, 0.2) is 23.3 Å². The van der Waals surface area contributed by atoms with Crippen molar-refractivity contribution in [2.45, 2.75) is 31.0 Å². The zero-order valence-corrected chi connectivity index (χ0v) is 19.1. The van der Waals surface area contributed by atoms with E-state index in [0.717, 1.165) is 6.20 Å². The standard InChI is InChI=1S/C23H22F3N3O7/c1-34-15(30)4-5-27-6-7-35-13-9-28(8-12(13)27)21-18(25)17(24)16-20(19(21)26)29(11-2-3-11)10-14(22(16)31)36-23(32)33/h4-5,10-13H,2-3,6-9H2,1H3,(H,32,33)/b5-4-/t12-,13-/m1/s1. The van der Waals surface area contributed by atoms with Gasteiger partial charge in [0.15, 0.2) is 23.2 Å². The van der Waals surface area contributed by atoms with E-state index < -0.39 is 63.4 Å². The molecule has 1 aliphatic carbocycles. The van der Waals surface area contributed by atoms with Crippen LogP contribution >= 0.6 is 0 Å². The van der Waals surface area contributed by atoms with Crippen LogP contribution in [0.5, 0.6) is 5.75 Å². The number of esters is 1. The van der Waals surface area contributed by atoms with Gasteiger partial charge in [-0.1, -0.05) is 0 Å². The number of rotatable bonds is 5. The highest BCUT2D eigenvalue weighted by Gasteiger charge is 2.42. The van der Waals surface area contributed by atoms with Gasteiger partial charge in [-0.2, -0.15) is 0 Å². The molecule has 5 rings (SSSR count). The highest BCUT2D eigenvalue weighted by molar-refractivity contribution is 5.87. The lowest BCUT2D eigenvalue weighted by molar-refractivity contribution is -0.135. The van der Waals surface area contributed by atoms with Gasteiger partial charge in [-0.25, -0.2) is 22.8 Å². The molecule has 13 heteroatoms. The van der Waals surface area contributed by atoms with Crippen molar-refractivity contribution in [3.63, 3.8) is 0 Å². The van der Waals surface area contributed by atoms with Gasteiger partial charge in [-0.15, -0.1) is 0 Å². The molecule has 0 unspecified atom stereocenters. The largest absolute Gasteiger partial charge is 0.511 e. The number of ether oxygens (including phenoxy) is 3. The van der Waals surface area contributed by atoms with Crippen LogP contribution in [-0.4, -0.2) is 72.2 Å². The number of methoxy groups -OCH3 is 1. The van der Waals surface area contributed by atoms with Gasteiger partial charge in [-0.3, -0.25) is 4.79 Å². The zero-order valence-electron chi connectivity index (χ0n) is 19.1. The molecule has 0 radical (unpaired) electrons. The minimum Gasteiger partial charge on any atom is -0.466 e. The zero-order chi connectivity index (χ0) is 25.7. The summed E-state index contributed by atoms with van der Waals surface area (Å²) in [5, 5.41) is 8.01. The highest BCUT2D eigenvalue weighted by atomic mass is 19.2. The maximum atomic E-state index is 16.0. The second-order valence-corrected chi connectivity index (χ2v) is 8.80. The lowest BCUT2D eigenvalue weighted by Gasteiger charge is -2.35. The van der Waals surface area contributed by atoms with Crippen molar-refractivity contribution in [2.75, 3.05) is 38.3 Å². The van der Waals surface area contributed by atoms with Gasteiger partial charge in [0, 0.05) is 38.0 Å². The molecule has 10 nitrogen and oxygen atoms in total. The Balaban J connectivity index is 1.59. The van der Waals surface area contributed by atoms with Crippen LogP contribution in [0.1, 0.15) is 18.9 Å². The molecule has 2 saturated heterocycles. The van der Waals surface area contributed by atoms with Crippen LogP contribution in [0.2, 0.25) is 0 Å². The Hall–Kier alpha value is -3.74. The van der Waals surface area contributed by atoms with E-state index in [4.69, 9.17) is 9.84 Å². The Morgan fingerprint density at radius 3 is 2.58 bits per heavy atom. The number of pyridine rings is 1. The average Bonchev–Trinajstić information content (AvgIpc) is 3.60. The van der Waals surface area contributed by atoms with E-state index in [-0.39, 0.29) is 25.2 Å². The number of halogens is 3. The fraction of sp³-hybridized carbons (Fsp3) is 0.435. The van der Waals surface area contributed by atoms with Crippen LogP contribution < -0.4 is 15.1 Å². The third kappa shape index (κ3) is 4.02. The molecule has 0 spiro atoms. The van der Waals surface area contributed by atoms with Gasteiger partial charge in [0.1, 0.15) is 5.69 Å². The summed E-state index contributed by atoms with van der Waals surface area (Å²) in [7, 11) is 1.24. The monoisotopic (exact) mass is 509 g/mol. The molecule has 0 bridgehead atoms. The highest BCUT2D eigenvalue weighted by Crippen LogP contribution is 2.42. The first-order chi connectivity index (χ1) is 17.2. The van der Waals surface area contributed by atoms with Gasteiger partial charge in [0.05, 0.1) is 43.0 Å². The number of fused-ring (bicyclic) bond motifs is 2. The van der Waals surface area contributed by atoms with Crippen molar-refractivity contribution in [3.8, 4) is 5.75 Å². The first kappa shape index (κ1) is 24.0. The Kier molecular flexibility index (Phi) is 6.02. The minimum absolute atomic E-state index is 0.0416. The molecule has 1 saturated carbocycles. The van der Waals surface area contributed by atoms with Crippen LogP contribution in [0.25, 0.3) is 10.9 Å². The molecule has 2 aliphatic heterocycles. The molecule has 3 heterocycles. The number of benzene rings is 1. The SMILES string of the molecule is COC(=O)/C=C\N1CCO[C@@H]2CN(c3c(F)c(F)c4c(=O)c(OC(=O)O)cn(C5CC5)c4c3F)C[C@H]21. The third-order valence-corrected chi connectivity index (χ3v) is 6.64. The van der Waals surface area contributed by atoms with Gasteiger partial charge < -0.3 is 33.7 Å². The first-order valence-corrected chi connectivity index (χ1v) is 11.3. The second-order valence-electron chi connectivity index (χ2n) is 8.80. The Morgan fingerprint density at radius 1 is 1.17 bits per heavy atom. The van der Waals surface area contributed by atoms with Crippen molar-refractivity contribution in [3.05, 3.63) is 46.1 Å². The van der Waals surface area contributed by atoms with Crippen LogP contribution in [0, 0.1) is 17.5 Å². The van der Waals surface area contributed by atoms with E-state index in [2.05, 4.69) is 9.47 Å². The van der Waals surface area contributed by atoms with E-state index in [9.17, 15) is 14.4 Å². The van der Waals surface area contributed by atoms with Gasteiger partial charge >= 0.3 is 12.1 Å². The van der Waals surface area contributed by atoms with E-state index >= 15 is 13.2 Å². The number of carboxylic acid groups (broad SMARTS) is 1. The predicted molar refractivity (Wildman–Crippen MR) is 119 cm³/mol. The number of anilines is 1. The second kappa shape index (κ2) is 9.04. The summed E-state index contributed by atoms with van der Waals surface area (Å²) in [5.41, 5.74) is -2.35. The van der Waals surface area contributed by atoms with E-state index in [1.165, 1.54) is 28.9 Å². The van der Waals surface area contributed by atoms with Gasteiger partial charge in [0.25, 0.3) is 0 Å². The van der Waals surface area contributed by atoms with Crippen molar-refractivity contribution >= 4 is 28.7 Å². The molecule has 36 heavy (non-hydrogen) atoms. The summed E-state index contributed by atoms with van der Waals surface area (Å²) in [6.07, 6.45) is 2.66. The van der Waals surface area contributed by atoms with Crippen molar-refractivity contribution in [1.82, 2.24) is 9.47 Å². The normalized spacial score (nSPS) is 21.8. The van der Waals surface area contributed by atoms with Gasteiger partial charge in [0.2, 0.25) is 5.43 Å². The quantitative estimate of drug-likeness (QED) is 0.369. The van der Waals surface area contributed by atoms with Crippen LogP contribution in [0.4, 0.5) is 23.7 Å². The summed E-state index contributed by atoms with van der Waals surface area (Å²) in [6.45, 7) is 0.834. The maximum absolute atomic E-state index is 16.0. The van der Waals surface area contributed by atoms with Crippen LogP contribution in [0.3, 0.4) is 0 Å². The lowest BCUT2D eigenvalue weighted by atomic mass is 10.1. The Bertz CT molecular complexity index is 1340. The van der Waals surface area contributed by atoms with Crippen molar-refractivity contribution in [1.29, 1.82) is 0 Å². The molecule has 3 aliphatic rings. The van der Waals surface area contributed by atoms with E-state index in [0.29, 0.717) is 26.0 Å². The molecule has 0 amide bonds. The van der Waals surface area contributed by atoms with E-state index in [1.807, 2.05) is 0 Å². The topological polar surface area (TPSA) is 111 Å². The lowest BCUT2D eigenvalue weighted by Crippen LogP contribution is -2.48. The summed E-state index contributed by atoms with van der Waals surface area (Å²) in [4.78, 5) is 38.4. The van der Waals surface area contributed by atoms with E-state index in [1.54, 1.807) is 4.90 Å². The number of nitrogens with zero attached hydrogens (tertiary/aromatic N) is 3. The third-order valence-electron chi connectivity index (χ3n) is 6.64. The molecule has 3 fully saturated rings. The number of carbonyl (C=O) groups is 2. The molecule has 1 N–H and O–H groups in total. The molecule has 2 aromatic rings. The number of aromatic nitrogens is 1. The fourth-order valence-electron chi connectivity index (χ4n) is 4.85. The molecular formula is C23H22F3N3O7. The summed E-state index contributed by atoms with van der Waals surface area (Å²) < 4.78 is 62.7. The average molecular weight is 509 g/mol. The minimum atomic E-state index is -1.81.